The number of rotatable bonds is 3. The van der Waals surface area contributed by atoms with Crippen molar-refractivity contribution in [2.45, 2.75) is 13.5 Å². The maximum absolute atomic E-state index is 13.8. The lowest BCUT2D eigenvalue weighted by Gasteiger charge is -2.05. The van der Waals surface area contributed by atoms with E-state index in [0.717, 1.165) is 0 Å². The van der Waals surface area contributed by atoms with E-state index in [1.807, 2.05) is 0 Å². The molecule has 0 amide bonds. The highest BCUT2D eigenvalue weighted by atomic mass is 35.5. The van der Waals surface area contributed by atoms with Crippen LogP contribution >= 0.6 is 23.2 Å². The molecule has 0 aliphatic carbocycles. The van der Waals surface area contributed by atoms with Crippen LogP contribution in [0.15, 0.2) is 47.3 Å². The second-order valence-electron chi connectivity index (χ2n) is 5.01. The maximum Gasteiger partial charge on any atom is 0.351 e. The molecule has 0 N–H and O–H groups in total. The molecule has 4 nitrogen and oxygen atoms in total. The molecule has 1 heterocycles. The van der Waals surface area contributed by atoms with Crippen LogP contribution in [0.4, 0.5) is 4.39 Å². The summed E-state index contributed by atoms with van der Waals surface area (Å²) in [6.45, 7) is 1.78. The van der Waals surface area contributed by atoms with Crippen LogP contribution in [0, 0.1) is 12.7 Å². The molecule has 0 aliphatic heterocycles. The summed E-state index contributed by atoms with van der Waals surface area (Å²) in [4.78, 5) is 12.6. The molecule has 1 aromatic heterocycles. The van der Waals surface area contributed by atoms with Crippen LogP contribution in [0.25, 0.3) is 5.69 Å². The lowest BCUT2D eigenvalue weighted by Crippen LogP contribution is -2.25. The van der Waals surface area contributed by atoms with Gasteiger partial charge in [-0.05, 0) is 31.2 Å². The van der Waals surface area contributed by atoms with Gasteiger partial charge in [0.1, 0.15) is 11.6 Å². The predicted octanol–water partition coefficient (Wildman–Crippen LogP) is 3.84. The van der Waals surface area contributed by atoms with Crippen LogP contribution in [0.2, 0.25) is 10.0 Å². The Morgan fingerprint density at radius 1 is 1.17 bits per heavy atom. The van der Waals surface area contributed by atoms with Gasteiger partial charge >= 0.3 is 5.69 Å². The van der Waals surface area contributed by atoms with Crippen molar-refractivity contribution in [2.24, 2.45) is 0 Å². The molecule has 7 heteroatoms. The zero-order valence-electron chi connectivity index (χ0n) is 12.1. The molecule has 0 radical (unpaired) electrons. The van der Waals surface area contributed by atoms with Gasteiger partial charge in [0.2, 0.25) is 0 Å². The zero-order valence-corrected chi connectivity index (χ0v) is 13.6. The highest BCUT2D eigenvalue weighted by Gasteiger charge is 2.15. The first-order chi connectivity index (χ1) is 11.0. The standard InChI is InChI=1S/C16H12Cl2FN3O/c1-10-20-22(15-7-6-12(17)8-13(15)18)16(23)21(10)9-11-4-2-3-5-14(11)19/h2-8H,9H2,1H3. The number of hydrogen-bond acceptors (Lipinski definition) is 2. The number of benzene rings is 2. The molecule has 0 unspecified atom stereocenters. The predicted molar refractivity (Wildman–Crippen MR) is 88.1 cm³/mol. The Morgan fingerprint density at radius 2 is 1.91 bits per heavy atom. The normalized spacial score (nSPS) is 11.0. The van der Waals surface area contributed by atoms with E-state index in [1.165, 1.54) is 21.4 Å². The van der Waals surface area contributed by atoms with Gasteiger partial charge in [-0.2, -0.15) is 9.78 Å². The quantitative estimate of drug-likeness (QED) is 0.719. The highest BCUT2D eigenvalue weighted by molar-refractivity contribution is 6.35. The summed E-state index contributed by atoms with van der Waals surface area (Å²) in [5.41, 5.74) is 0.450. The Morgan fingerprint density at radius 3 is 2.61 bits per heavy atom. The molecule has 0 saturated heterocycles. The zero-order chi connectivity index (χ0) is 16.6. The van der Waals surface area contributed by atoms with E-state index < -0.39 is 5.69 Å². The lowest BCUT2D eigenvalue weighted by atomic mass is 10.2. The molecular formula is C16H12Cl2FN3O. The smallest absolute Gasteiger partial charge is 0.274 e. The van der Waals surface area contributed by atoms with Gasteiger partial charge in [-0.15, -0.1) is 0 Å². The van der Waals surface area contributed by atoms with Gasteiger partial charge in [0, 0.05) is 10.6 Å². The first-order valence-electron chi connectivity index (χ1n) is 6.82. The fraction of sp³-hybridized carbons (Fsp3) is 0.125. The fourth-order valence-corrected chi connectivity index (χ4v) is 2.77. The van der Waals surface area contributed by atoms with Crippen molar-refractivity contribution in [3.8, 4) is 5.69 Å². The summed E-state index contributed by atoms with van der Waals surface area (Å²) in [5.74, 6) is 0.0975. The number of halogens is 3. The van der Waals surface area contributed by atoms with Crippen molar-refractivity contribution >= 4 is 23.2 Å². The van der Waals surface area contributed by atoms with Crippen LogP contribution in [0.1, 0.15) is 11.4 Å². The van der Waals surface area contributed by atoms with E-state index in [9.17, 15) is 9.18 Å². The lowest BCUT2D eigenvalue weighted by molar-refractivity contribution is 0.593. The molecule has 0 spiro atoms. The number of nitrogens with zero attached hydrogens (tertiary/aromatic N) is 3. The summed E-state index contributed by atoms with van der Waals surface area (Å²) < 4.78 is 16.4. The van der Waals surface area contributed by atoms with Crippen molar-refractivity contribution < 1.29 is 4.39 Å². The Balaban J connectivity index is 2.07. The summed E-state index contributed by atoms with van der Waals surface area (Å²) in [5, 5.41) is 5.00. The third-order valence-corrected chi connectivity index (χ3v) is 4.01. The van der Waals surface area contributed by atoms with Gasteiger partial charge in [-0.25, -0.2) is 9.18 Å². The van der Waals surface area contributed by atoms with Crippen LogP contribution < -0.4 is 5.69 Å². The van der Waals surface area contributed by atoms with Crippen molar-refractivity contribution in [3.63, 3.8) is 0 Å². The minimum atomic E-state index is -0.394. The van der Waals surface area contributed by atoms with Gasteiger partial charge in [0.05, 0.1) is 17.3 Å². The Kier molecular flexibility index (Phi) is 4.24. The van der Waals surface area contributed by atoms with Crippen molar-refractivity contribution in [1.82, 2.24) is 14.3 Å². The minimum Gasteiger partial charge on any atom is -0.274 e. The average molecular weight is 352 g/mol. The van der Waals surface area contributed by atoms with E-state index >= 15 is 0 Å². The van der Waals surface area contributed by atoms with E-state index in [1.54, 1.807) is 37.3 Å². The summed E-state index contributed by atoms with van der Waals surface area (Å²) in [6.07, 6.45) is 0. The monoisotopic (exact) mass is 351 g/mol. The second-order valence-corrected chi connectivity index (χ2v) is 5.86. The molecule has 118 valence electrons. The molecule has 0 fully saturated rings. The molecule has 3 rings (SSSR count). The van der Waals surface area contributed by atoms with Crippen molar-refractivity contribution in [2.75, 3.05) is 0 Å². The molecule has 0 aliphatic rings. The minimum absolute atomic E-state index is 0.0998. The molecular weight excluding hydrogens is 340 g/mol. The molecule has 3 aromatic rings. The number of aryl methyl sites for hydroxylation is 1. The second kappa shape index (κ2) is 6.18. The van der Waals surface area contributed by atoms with E-state index in [0.29, 0.717) is 27.1 Å². The number of aromatic nitrogens is 3. The topological polar surface area (TPSA) is 39.8 Å². The van der Waals surface area contributed by atoms with Gasteiger partial charge in [0.15, 0.2) is 0 Å². The van der Waals surface area contributed by atoms with E-state index in [-0.39, 0.29) is 12.4 Å². The summed E-state index contributed by atoms with van der Waals surface area (Å²) in [7, 11) is 0. The molecule has 0 bridgehead atoms. The molecule has 2 aromatic carbocycles. The Bertz CT molecular complexity index is 933. The molecule has 0 saturated carbocycles. The Hall–Kier alpha value is -2.11. The number of hydrogen-bond donors (Lipinski definition) is 0. The largest absolute Gasteiger partial charge is 0.351 e. The summed E-state index contributed by atoms with van der Waals surface area (Å²) >= 11 is 12.0. The SMILES string of the molecule is Cc1nn(-c2ccc(Cl)cc2Cl)c(=O)n1Cc1ccccc1F. The van der Waals surface area contributed by atoms with Gasteiger partial charge in [0.25, 0.3) is 0 Å². The van der Waals surface area contributed by atoms with E-state index in [2.05, 4.69) is 5.10 Å². The van der Waals surface area contributed by atoms with Gasteiger partial charge in [-0.1, -0.05) is 41.4 Å². The van der Waals surface area contributed by atoms with Crippen molar-refractivity contribution in [3.05, 3.63) is 80.2 Å². The highest BCUT2D eigenvalue weighted by Crippen LogP contribution is 2.23. The fourth-order valence-electron chi connectivity index (χ4n) is 2.28. The molecule has 23 heavy (non-hydrogen) atoms. The van der Waals surface area contributed by atoms with Crippen LogP contribution in [0.5, 0.6) is 0 Å². The first-order valence-corrected chi connectivity index (χ1v) is 7.58. The van der Waals surface area contributed by atoms with Gasteiger partial charge in [-0.3, -0.25) is 4.57 Å². The third-order valence-electron chi connectivity index (χ3n) is 3.47. The third kappa shape index (κ3) is 3.02. The summed E-state index contributed by atoms with van der Waals surface area (Å²) in [6, 6.07) is 11.1. The van der Waals surface area contributed by atoms with Crippen LogP contribution in [0.3, 0.4) is 0 Å². The molecule has 0 atom stereocenters. The van der Waals surface area contributed by atoms with Crippen molar-refractivity contribution in [1.29, 1.82) is 0 Å². The van der Waals surface area contributed by atoms with Crippen LogP contribution in [-0.4, -0.2) is 14.3 Å². The van der Waals surface area contributed by atoms with E-state index in [4.69, 9.17) is 23.2 Å². The maximum atomic E-state index is 13.8. The average Bonchev–Trinajstić information content (AvgIpc) is 2.77. The first kappa shape index (κ1) is 15.8. The van der Waals surface area contributed by atoms with Gasteiger partial charge < -0.3 is 0 Å². The van der Waals surface area contributed by atoms with Crippen LogP contribution in [-0.2, 0) is 6.54 Å². The Labute approximate surface area is 141 Å².